The van der Waals surface area contributed by atoms with Gasteiger partial charge >= 0.3 is 0 Å². The third-order valence-corrected chi connectivity index (χ3v) is 13.8. The van der Waals surface area contributed by atoms with Crippen molar-refractivity contribution in [3.8, 4) is 39.1 Å². The molecule has 60 heavy (non-hydrogen) atoms. The first-order valence-corrected chi connectivity index (χ1v) is 21.2. The molecule has 10 aromatic rings. The highest BCUT2D eigenvalue weighted by Gasteiger charge is 2.37. The molecule has 9 aromatic carbocycles. The molecule has 0 aliphatic heterocycles. The molecule has 0 fully saturated rings. The summed E-state index contributed by atoms with van der Waals surface area (Å²) in [5, 5.41) is 5.00. The largest absolute Gasteiger partial charge is 0.310 e. The summed E-state index contributed by atoms with van der Waals surface area (Å²) < 4.78 is 2.43. The number of para-hydroxylation sites is 2. The van der Waals surface area contributed by atoms with Crippen LogP contribution in [0.15, 0.2) is 194 Å². The molecule has 1 aromatic heterocycles. The van der Waals surface area contributed by atoms with Crippen molar-refractivity contribution >= 4 is 49.6 Å². The van der Waals surface area contributed by atoms with Gasteiger partial charge in [-0.25, -0.2) is 0 Å². The SMILES string of the molecule is CC1(C)c2ccccc2-c2cc(N(c3ccc(-c4ccc5cccc(-n6c7ccccc7c7ccccc76)c5c4)cc3)c3ccc4c(c3)-c3ccccc3C4(C)C)ccc21. The van der Waals surface area contributed by atoms with Gasteiger partial charge in [-0.1, -0.05) is 161 Å². The van der Waals surface area contributed by atoms with Gasteiger partial charge in [0.1, 0.15) is 0 Å². The minimum Gasteiger partial charge on any atom is -0.310 e. The van der Waals surface area contributed by atoms with Crippen molar-refractivity contribution < 1.29 is 0 Å². The fourth-order valence-electron chi connectivity index (χ4n) is 10.8. The zero-order valence-electron chi connectivity index (χ0n) is 34.4. The number of rotatable bonds is 5. The quantitative estimate of drug-likeness (QED) is 0.169. The van der Waals surface area contributed by atoms with E-state index in [9.17, 15) is 0 Å². The molecule has 2 nitrogen and oxygen atoms in total. The first-order valence-electron chi connectivity index (χ1n) is 21.2. The summed E-state index contributed by atoms with van der Waals surface area (Å²) >= 11 is 0. The third-order valence-electron chi connectivity index (χ3n) is 13.8. The van der Waals surface area contributed by atoms with Crippen LogP contribution < -0.4 is 4.90 Å². The van der Waals surface area contributed by atoms with Crippen LogP contribution in [0.1, 0.15) is 49.9 Å². The Morgan fingerprint density at radius 1 is 0.350 bits per heavy atom. The van der Waals surface area contributed by atoms with E-state index in [-0.39, 0.29) is 10.8 Å². The average Bonchev–Trinajstić information content (AvgIpc) is 3.83. The monoisotopic (exact) mass is 768 g/mol. The van der Waals surface area contributed by atoms with Gasteiger partial charge in [0.25, 0.3) is 0 Å². The molecule has 0 saturated carbocycles. The van der Waals surface area contributed by atoms with E-state index in [0.29, 0.717) is 0 Å². The van der Waals surface area contributed by atoms with Crippen molar-refractivity contribution in [3.05, 3.63) is 216 Å². The molecule has 12 rings (SSSR count). The van der Waals surface area contributed by atoms with E-state index in [2.05, 4.69) is 231 Å². The van der Waals surface area contributed by atoms with Crippen molar-refractivity contribution in [1.29, 1.82) is 0 Å². The summed E-state index contributed by atoms with van der Waals surface area (Å²) in [6.45, 7) is 9.41. The summed E-state index contributed by atoms with van der Waals surface area (Å²) in [6.07, 6.45) is 0. The second-order valence-corrected chi connectivity index (χ2v) is 17.8. The zero-order chi connectivity index (χ0) is 40.3. The molecule has 0 N–H and O–H groups in total. The molecule has 0 unspecified atom stereocenters. The van der Waals surface area contributed by atoms with Gasteiger partial charge in [0.2, 0.25) is 0 Å². The molecule has 0 radical (unpaired) electrons. The fourth-order valence-corrected chi connectivity index (χ4v) is 10.8. The molecule has 0 spiro atoms. The first-order chi connectivity index (χ1) is 29.3. The minimum atomic E-state index is -0.0545. The summed E-state index contributed by atoms with van der Waals surface area (Å²) in [4.78, 5) is 2.45. The number of benzene rings is 9. The molecule has 2 heteroatoms. The molecule has 0 bridgehead atoms. The van der Waals surface area contributed by atoms with E-state index in [1.54, 1.807) is 0 Å². The van der Waals surface area contributed by atoms with Crippen molar-refractivity contribution in [3.63, 3.8) is 0 Å². The molecule has 0 saturated heterocycles. The summed E-state index contributed by atoms with van der Waals surface area (Å²) in [5.41, 5.74) is 20.2. The Kier molecular flexibility index (Phi) is 7.36. The van der Waals surface area contributed by atoms with Crippen LogP contribution in [0, 0.1) is 0 Å². The third kappa shape index (κ3) is 4.94. The van der Waals surface area contributed by atoms with E-state index in [1.165, 1.54) is 93.9 Å². The Morgan fingerprint density at radius 3 is 1.42 bits per heavy atom. The Morgan fingerprint density at radius 2 is 0.833 bits per heavy atom. The zero-order valence-corrected chi connectivity index (χ0v) is 34.4. The molecule has 1 heterocycles. The Hall–Kier alpha value is -7.16. The maximum atomic E-state index is 2.45. The van der Waals surface area contributed by atoms with E-state index >= 15 is 0 Å². The normalized spacial score (nSPS) is 14.3. The summed E-state index contributed by atoms with van der Waals surface area (Å²) in [7, 11) is 0. The van der Waals surface area contributed by atoms with Crippen molar-refractivity contribution in [2.75, 3.05) is 4.90 Å². The van der Waals surface area contributed by atoms with E-state index in [1.807, 2.05) is 0 Å². The summed E-state index contributed by atoms with van der Waals surface area (Å²) in [5.74, 6) is 0. The van der Waals surface area contributed by atoms with Gasteiger partial charge < -0.3 is 9.47 Å². The lowest BCUT2D eigenvalue weighted by Gasteiger charge is -2.28. The van der Waals surface area contributed by atoms with Crippen molar-refractivity contribution in [1.82, 2.24) is 4.57 Å². The lowest BCUT2D eigenvalue weighted by atomic mass is 9.82. The first kappa shape index (κ1) is 34.8. The van der Waals surface area contributed by atoms with E-state index in [4.69, 9.17) is 0 Å². The smallest absolute Gasteiger partial charge is 0.0541 e. The molecular formula is C58H44N2. The number of fused-ring (bicyclic) bond motifs is 10. The second kappa shape index (κ2) is 12.7. The number of hydrogen-bond donors (Lipinski definition) is 0. The van der Waals surface area contributed by atoms with Crippen LogP contribution in [-0.2, 0) is 10.8 Å². The van der Waals surface area contributed by atoms with Gasteiger partial charge in [-0.05, 0) is 122 Å². The van der Waals surface area contributed by atoms with E-state index in [0.717, 1.165) is 17.1 Å². The lowest BCUT2D eigenvalue weighted by Crippen LogP contribution is -2.16. The van der Waals surface area contributed by atoms with Crippen LogP contribution in [0.25, 0.3) is 71.6 Å². The van der Waals surface area contributed by atoms with Crippen LogP contribution in [0.2, 0.25) is 0 Å². The lowest BCUT2D eigenvalue weighted by molar-refractivity contribution is 0.660. The van der Waals surface area contributed by atoms with Gasteiger partial charge in [-0.3, -0.25) is 0 Å². The minimum absolute atomic E-state index is 0.0545. The molecule has 286 valence electrons. The maximum Gasteiger partial charge on any atom is 0.0541 e. The van der Waals surface area contributed by atoms with E-state index < -0.39 is 0 Å². The highest BCUT2D eigenvalue weighted by atomic mass is 15.1. The molecule has 2 aliphatic rings. The second-order valence-electron chi connectivity index (χ2n) is 17.8. The van der Waals surface area contributed by atoms with Crippen LogP contribution in [0.3, 0.4) is 0 Å². The predicted molar refractivity (Wildman–Crippen MR) is 254 cm³/mol. The average molecular weight is 769 g/mol. The Labute approximate surface area is 351 Å². The number of anilines is 3. The standard InChI is InChI=1S/C58H44N2/c1-57(2)50-19-9-5-15-43(50)48-35-41(30-32-52(48)57)59(42-31-33-53-49(36-42)44-16-6-10-20-51(44)58(53,3)4)40-28-26-37(27-29-40)39-25-24-38-14-13-23-56(47(38)34-39)60-54-21-11-7-17-45(54)46-18-8-12-22-55(46)60/h5-36H,1-4H3. The predicted octanol–water partition coefficient (Wildman–Crippen LogP) is 15.7. The van der Waals surface area contributed by atoms with Crippen LogP contribution >= 0.6 is 0 Å². The fraction of sp³-hybridized carbons (Fsp3) is 0.103. The molecule has 0 atom stereocenters. The molecule has 0 amide bonds. The number of aromatic nitrogens is 1. The van der Waals surface area contributed by atoms with Gasteiger partial charge in [0.15, 0.2) is 0 Å². The Balaban J connectivity index is 0.998. The van der Waals surface area contributed by atoms with Crippen LogP contribution in [-0.4, -0.2) is 4.57 Å². The van der Waals surface area contributed by atoms with Crippen LogP contribution in [0.5, 0.6) is 0 Å². The molecule has 2 aliphatic carbocycles. The summed E-state index contributed by atoms with van der Waals surface area (Å²) in [6, 6.07) is 72.4. The highest BCUT2D eigenvalue weighted by molar-refractivity contribution is 6.10. The topological polar surface area (TPSA) is 8.17 Å². The number of nitrogens with zero attached hydrogens (tertiary/aromatic N) is 2. The van der Waals surface area contributed by atoms with Gasteiger partial charge in [-0.15, -0.1) is 0 Å². The van der Waals surface area contributed by atoms with Crippen molar-refractivity contribution in [2.45, 2.75) is 38.5 Å². The number of hydrogen-bond acceptors (Lipinski definition) is 1. The van der Waals surface area contributed by atoms with Gasteiger partial charge in [0.05, 0.1) is 16.7 Å². The van der Waals surface area contributed by atoms with Crippen LogP contribution in [0.4, 0.5) is 17.1 Å². The maximum absolute atomic E-state index is 2.45. The highest BCUT2D eigenvalue weighted by Crippen LogP contribution is 2.53. The van der Waals surface area contributed by atoms with Crippen molar-refractivity contribution in [2.24, 2.45) is 0 Å². The Bertz CT molecular complexity index is 3220. The van der Waals surface area contributed by atoms with Gasteiger partial charge in [0, 0.05) is 44.1 Å². The molecular weight excluding hydrogens is 725 g/mol. The van der Waals surface area contributed by atoms with Gasteiger partial charge in [-0.2, -0.15) is 0 Å².